The van der Waals surface area contributed by atoms with Crippen molar-refractivity contribution in [3.8, 4) is 12.3 Å². The van der Waals surface area contributed by atoms with E-state index in [9.17, 15) is 4.79 Å². The van der Waals surface area contributed by atoms with Crippen LogP contribution in [0.1, 0.15) is 30.9 Å². The molecule has 2 nitrogen and oxygen atoms in total. The molecule has 1 aromatic carbocycles. The lowest BCUT2D eigenvalue weighted by atomic mass is 10.0. The molecule has 2 heteroatoms. The molecule has 1 N–H and O–H groups in total. The summed E-state index contributed by atoms with van der Waals surface area (Å²) in [7, 11) is 0. The molecule has 0 aliphatic heterocycles. The summed E-state index contributed by atoms with van der Waals surface area (Å²) < 4.78 is 0. The van der Waals surface area contributed by atoms with Gasteiger partial charge >= 0.3 is 0 Å². The maximum atomic E-state index is 11.3. The van der Waals surface area contributed by atoms with Crippen LogP contribution in [-0.4, -0.2) is 12.5 Å². The second-order valence-corrected chi connectivity index (χ2v) is 4.08. The van der Waals surface area contributed by atoms with Gasteiger partial charge in [0.1, 0.15) is 0 Å². The zero-order valence-corrected chi connectivity index (χ0v) is 10.2. The highest BCUT2D eigenvalue weighted by Gasteiger charge is 1.97. The average molecular weight is 227 g/mol. The molecule has 1 rings (SSSR count). The fourth-order valence-corrected chi connectivity index (χ4v) is 1.36. The second-order valence-electron chi connectivity index (χ2n) is 4.08. The largest absolute Gasteiger partial charge is 0.342 e. The van der Waals surface area contributed by atoms with E-state index in [1.54, 1.807) is 6.08 Å². The Balaban J connectivity index is 2.60. The Hall–Kier alpha value is -2.01. The SMILES string of the molecule is C#CCNC(=O)/C=C/c1ccc(C(C)C)cc1. The summed E-state index contributed by atoms with van der Waals surface area (Å²) in [5, 5.41) is 2.57. The van der Waals surface area contributed by atoms with Gasteiger partial charge in [-0.05, 0) is 23.1 Å². The first-order valence-electron chi connectivity index (χ1n) is 5.63. The highest BCUT2D eigenvalue weighted by molar-refractivity contribution is 5.91. The molecule has 0 heterocycles. The normalized spacial score (nSPS) is 10.5. The molecule has 0 spiro atoms. The standard InChI is InChI=1S/C15H17NO/c1-4-11-16-15(17)10-7-13-5-8-14(9-6-13)12(2)3/h1,5-10,12H,11H2,2-3H3,(H,16,17)/b10-7+. The summed E-state index contributed by atoms with van der Waals surface area (Å²) in [6, 6.07) is 8.15. The third kappa shape index (κ3) is 4.56. The van der Waals surface area contributed by atoms with E-state index in [4.69, 9.17) is 6.42 Å². The van der Waals surface area contributed by atoms with Gasteiger partial charge in [-0.1, -0.05) is 44.0 Å². The first-order chi connectivity index (χ1) is 8.13. The predicted octanol–water partition coefficient (Wildman–Crippen LogP) is 2.57. The van der Waals surface area contributed by atoms with Crippen LogP contribution >= 0.6 is 0 Å². The third-order valence-electron chi connectivity index (χ3n) is 2.39. The fraction of sp³-hybridized carbons (Fsp3) is 0.267. The number of carbonyl (C=O) groups excluding carboxylic acids is 1. The predicted molar refractivity (Wildman–Crippen MR) is 71.4 cm³/mol. The number of amides is 1. The van der Waals surface area contributed by atoms with Crippen LogP contribution in [0.5, 0.6) is 0 Å². The van der Waals surface area contributed by atoms with Gasteiger partial charge in [-0.15, -0.1) is 6.42 Å². The Bertz CT molecular complexity index is 435. The molecule has 17 heavy (non-hydrogen) atoms. The summed E-state index contributed by atoms with van der Waals surface area (Å²) in [6.45, 7) is 4.56. The number of terminal acetylenes is 1. The summed E-state index contributed by atoms with van der Waals surface area (Å²) in [5.74, 6) is 2.70. The van der Waals surface area contributed by atoms with E-state index in [2.05, 4.69) is 37.2 Å². The van der Waals surface area contributed by atoms with E-state index < -0.39 is 0 Å². The van der Waals surface area contributed by atoms with Gasteiger partial charge in [0.15, 0.2) is 0 Å². The number of rotatable bonds is 4. The first kappa shape index (κ1) is 13.1. The minimum atomic E-state index is -0.170. The van der Waals surface area contributed by atoms with Crippen molar-refractivity contribution >= 4 is 12.0 Å². The first-order valence-corrected chi connectivity index (χ1v) is 5.63. The molecule has 0 aromatic heterocycles. The fourth-order valence-electron chi connectivity index (χ4n) is 1.36. The van der Waals surface area contributed by atoms with Crippen LogP contribution in [0.15, 0.2) is 30.3 Å². The third-order valence-corrected chi connectivity index (χ3v) is 2.39. The second kappa shape index (κ2) is 6.55. The topological polar surface area (TPSA) is 29.1 Å². The van der Waals surface area contributed by atoms with E-state index in [1.807, 2.05) is 12.1 Å². The minimum absolute atomic E-state index is 0.170. The summed E-state index contributed by atoms with van der Waals surface area (Å²) in [5.41, 5.74) is 2.30. The number of hydrogen-bond donors (Lipinski definition) is 1. The zero-order chi connectivity index (χ0) is 12.7. The lowest BCUT2D eigenvalue weighted by Crippen LogP contribution is -2.20. The number of carbonyl (C=O) groups is 1. The van der Waals surface area contributed by atoms with Crippen molar-refractivity contribution in [3.05, 3.63) is 41.5 Å². The van der Waals surface area contributed by atoms with Crippen LogP contribution in [-0.2, 0) is 4.79 Å². The molecular formula is C15H17NO. The van der Waals surface area contributed by atoms with Gasteiger partial charge in [-0.2, -0.15) is 0 Å². The maximum Gasteiger partial charge on any atom is 0.244 e. The van der Waals surface area contributed by atoms with Crippen LogP contribution in [0.4, 0.5) is 0 Å². The van der Waals surface area contributed by atoms with E-state index in [0.717, 1.165) is 5.56 Å². The molecule has 0 atom stereocenters. The molecule has 0 saturated heterocycles. The molecule has 1 aromatic rings. The van der Waals surface area contributed by atoms with Crippen molar-refractivity contribution in [3.63, 3.8) is 0 Å². The van der Waals surface area contributed by atoms with Gasteiger partial charge in [0.05, 0.1) is 6.54 Å². The average Bonchev–Trinajstić information content (AvgIpc) is 2.34. The summed E-state index contributed by atoms with van der Waals surface area (Å²) in [4.78, 5) is 11.3. The highest BCUT2D eigenvalue weighted by Crippen LogP contribution is 2.15. The van der Waals surface area contributed by atoms with Gasteiger partial charge in [0, 0.05) is 6.08 Å². The maximum absolute atomic E-state index is 11.3. The number of nitrogens with one attached hydrogen (secondary N) is 1. The summed E-state index contributed by atoms with van der Waals surface area (Å²) >= 11 is 0. The number of hydrogen-bond acceptors (Lipinski definition) is 1. The van der Waals surface area contributed by atoms with Crippen molar-refractivity contribution in [2.75, 3.05) is 6.54 Å². The smallest absolute Gasteiger partial charge is 0.244 e. The Kier molecular flexibility index (Phi) is 5.03. The molecular weight excluding hydrogens is 210 g/mol. The minimum Gasteiger partial charge on any atom is -0.342 e. The monoisotopic (exact) mass is 227 g/mol. The van der Waals surface area contributed by atoms with Crippen molar-refractivity contribution in [2.24, 2.45) is 0 Å². The molecule has 0 bridgehead atoms. The Labute approximate surface area is 103 Å². The summed E-state index contributed by atoms with van der Waals surface area (Å²) in [6.07, 6.45) is 8.30. The zero-order valence-electron chi connectivity index (χ0n) is 10.2. The number of benzene rings is 1. The lowest BCUT2D eigenvalue weighted by molar-refractivity contribution is -0.116. The van der Waals surface area contributed by atoms with E-state index in [1.165, 1.54) is 11.6 Å². The van der Waals surface area contributed by atoms with Crippen LogP contribution in [0.3, 0.4) is 0 Å². The molecule has 0 fully saturated rings. The molecule has 0 saturated carbocycles. The van der Waals surface area contributed by atoms with E-state index in [0.29, 0.717) is 5.92 Å². The van der Waals surface area contributed by atoms with E-state index >= 15 is 0 Å². The van der Waals surface area contributed by atoms with Crippen LogP contribution < -0.4 is 5.32 Å². The molecule has 0 aliphatic rings. The Morgan fingerprint density at radius 2 is 2.06 bits per heavy atom. The van der Waals surface area contributed by atoms with Gasteiger partial charge in [0.2, 0.25) is 5.91 Å². The van der Waals surface area contributed by atoms with Gasteiger partial charge in [-0.3, -0.25) is 4.79 Å². The van der Waals surface area contributed by atoms with Crippen LogP contribution in [0.25, 0.3) is 6.08 Å². The van der Waals surface area contributed by atoms with Crippen molar-refractivity contribution in [1.29, 1.82) is 0 Å². The van der Waals surface area contributed by atoms with Gasteiger partial charge < -0.3 is 5.32 Å². The van der Waals surface area contributed by atoms with Crippen molar-refractivity contribution < 1.29 is 4.79 Å². The molecule has 0 unspecified atom stereocenters. The van der Waals surface area contributed by atoms with Crippen molar-refractivity contribution in [2.45, 2.75) is 19.8 Å². The Morgan fingerprint density at radius 3 is 2.59 bits per heavy atom. The molecule has 88 valence electrons. The molecule has 0 radical (unpaired) electrons. The Morgan fingerprint density at radius 1 is 1.41 bits per heavy atom. The molecule has 0 aliphatic carbocycles. The van der Waals surface area contributed by atoms with Crippen LogP contribution in [0.2, 0.25) is 0 Å². The van der Waals surface area contributed by atoms with Crippen LogP contribution in [0, 0.1) is 12.3 Å². The van der Waals surface area contributed by atoms with Gasteiger partial charge in [-0.25, -0.2) is 0 Å². The van der Waals surface area contributed by atoms with Crippen molar-refractivity contribution in [1.82, 2.24) is 5.32 Å². The highest BCUT2D eigenvalue weighted by atomic mass is 16.1. The van der Waals surface area contributed by atoms with Gasteiger partial charge in [0.25, 0.3) is 0 Å². The van der Waals surface area contributed by atoms with E-state index in [-0.39, 0.29) is 12.5 Å². The molecule has 1 amide bonds. The lowest BCUT2D eigenvalue weighted by Gasteiger charge is -2.04. The quantitative estimate of drug-likeness (QED) is 0.621.